The molecule has 164 valence electrons. The highest BCUT2D eigenvalue weighted by molar-refractivity contribution is 9.10. The predicted octanol–water partition coefficient (Wildman–Crippen LogP) is 8.17. The van der Waals surface area contributed by atoms with Gasteiger partial charge in [0.1, 0.15) is 16.4 Å². The monoisotopic (exact) mass is 597 g/mol. The third-order valence-electron chi connectivity index (χ3n) is 5.03. The lowest BCUT2D eigenvalue weighted by atomic mass is 10.1. The van der Waals surface area contributed by atoms with Crippen LogP contribution in [0.3, 0.4) is 0 Å². The van der Waals surface area contributed by atoms with Gasteiger partial charge in [-0.3, -0.25) is 0 Å². The molecule has 0 amide bonds. The van der Waals surface area contributed by atoms with Gasteiger partial charge in [-0.25, -0.2) is 9.97 Å². The highest BCUT2D eigenvalue weighted by Crippen LogP contribution is 2.38. The molecule has 5 aromatic rings. The zero-order chi connectivity index (χ0) is 22.9. The molecule has 0 atom stereocenters. The molecule has 0 aliphatic heterocycles. The van der Waals surface area contributed by atoms with Crippen molar-refractivity contribution < 1.29 is 5.11 Å². The van der Waals surface area contributed by atoms with Crippen molar-refractivity contribution >= 4 is 66.4 Å². The molecule has 5 rings (SSSR count). The number of aromatic hydroxyl groups is 1. The summed E-state index contributed by atoms with van der Waals surface area (Å²) in [5, 5.41) is 12.3. The number of hydrogen-bond donors (Lipinski definition) is 1. The summed E-state index contributed by atoms with van der Waals surface area (Å²) in [4.78, 5) is 12.0. The molecule has 0 fully saturated rings. The van der Waals surface area contributed by atoms with Gasteiger partial charge >= 0.3 is 0 Å². The van der Waals surface area contributed by atoms with Crippen LogP contribution in [-0.2, 0) is 7.05 Å². The second-order valence-electron chi connectivity index (χ2n) is 7.30. The minimum absolute atomic E-state index is 0.247. The number of aromatic nitrogens is 3. The summed E-state index contributed by atoms with van der Waals surface area (Å²) in [5.41, 5.74) is 2.89. The molecular formula is C25H17Br2N3OS2. The van der Waals surface area contributed by atoms with E-state index in [1.807, 2.05) is 43.4 Å². The Morgan fingerprint density at radius 1 is 0.788 bits per heavy atom. The van der Waals surface area contributed by atoms with Crippen LogP contribution in [0.2, 0.25) is 0 Å². The second-order valence-corrected chi connectivity index (χ2v) is 11.2. The SMILES string of the molecule is Cn1c(-c2ccc(O)cc2)cc2c(Sc3cccc(Br)c3)nc(Sc3ccc(Br)cc3)nc21. The molecule has 2 heterocycles. The van der Waals surface area contributed by atoms with E-state index in [4.69, 9.17) is 9.97 Å². The van der Waals surface area contributed by atoms with E-state index in [1.165, 1.54) is 0 Å². The molecule has 0 saturated heterocycles. The Balaban J connectivity index is 1.64. The summed E-state index contributed by atoms with van der Waals surface area (Å²) < 4.78 is 4.15. The van der Waals surface area contributed by atoms with Crippen molar-refractivity contribution in [3.05, 3.63) is 87.8 Å². The Kier molecular flexibility index (Phi) is 6.51. The number of fused-ring (bicyclic) bond motifs is 1. The fourth-order valence-corrected chi connectivity index (χ4v) is 6.00. The van der Waals surface area contributed by atoms with Gasteiger partial charge in [-0.2, -0.15) is 0 Å². The van der Waals surface area contributed by atoms with Gasteiger partial charge in [0.15, 0.2) is 5.16 Å². The van der Waals surface area contributed by atoms with Gasteiger partial charge in [0.2, 0.25) is 0 Å². The summed E-state index contributed by atoms with van der Waals surface area (Å²) in [7, 11) is 2.01. The summed E-state index contributed by atoms with van der Waals surface area (Å²) in [6, 6.07) is 25.7. The molecule has 0 aliphatic carbocycles. The zero-order valence-electron chi connectivity index (χ0n) is 17.4. The summed E-state index contributed by atoms with van der Waals surface area (Å²) in [6.45, 7) is 0. The van der Waals surface area contributed by atoms with Gasteiger partial charge in [0.25, 0.3) is 0 Å². The number of phenols is 1. The van der Waals surface area contributed by atoms with E-state index < -0.39 is 0 Å². The lowest BCUT2D eigenvalue weighted by Crippen LogP contribution is -1.97. The van der Waals surface area contributed by atoms with Crippen LogP contribution < -0.4 is 0 Å². The first-order chi connectivity index (χ1) is 16.0. The van der Waals surface area contributed by atoms with Crippen LogP contribution in [0.15, 0.2) is 108 Å². The largest absolute Gasteiger partial charge is 0.508 e. The molecule has 1 N–H and O–H groups in total. The molecule has 0 aliphatic rings. The van der Waals surface area contributed by atoms with Crippen molar-refractivity contribution in [1.29, 1.82) is 0 Å². The maximum absolute atomic E-state index is 9.69. The number of nitrogens with zero attached hydrogens (tertiary/aromatic N) is 3. The van der Waals surface area contributed by atoms with Gasteiger partial charge in [0, 0.05) is 25.8 Å². The van der Waals surface area contributed by atoms with Crippen LogP contribution in [0, 0.1) is 0 Å². The Hall–Kier alpha value is -2.26. The fourth-order valence-electron chi connectivity index (χ4n) is 3.43. The van der Waals surface area contributed by atoms with Gasteiger partial charge < -0.3 is 9.67 Å². The van der Waals surface area contributed by atoms with E-state index in [0.717, 1.165) is 46.1 Å². The smallest absolute Gasteiger partial charge is 0.195 e. The average Bonchev–Trinajstić information content (AvgIpc) is 3.13. The standard InChI is InChI=1S/C25H17Br2N3OS2/c1-30-22(15-5-9-18(31)10-6-15)14-21-23(30)28-25(33-19-11-7-16(26)8-12-19)29-24(21)32-20-4-2-3-17(27)13-20/h2-14,31H,1H3. The second kappa shape index (κ2) is 9.54. The minimum Gasteiger partial charge on any atom is -0.508 e. The summed E-state index contributed by atoms with van der Waals surface area (Å²) in [6.07, 6.45) is 0. The quantitative estimate of drug-likeness (QED) is 0.163. The molecule has 0 spiro atoms. The molecular weight excluding hydrogens is 582 g/mol. The van der Waals surface area contributed by atoms with Crippen molar-refractivity contribution in [1.82, 2.24) is 14.5 Å². The van der Waals surface area contributed by atoms with E-state index in [-0.39, 0.29) is 5.75 Å². The fraction of sp³-hybridized carbons (Fsp3) is 0.0400. The number of phenolic OH excluding ortho intramolecular Hbond substituents is 1. The van der Waals surface area contributed by atoms with Gasteiger partial charge in [-0.05, 0) is 90.1 Å². The van der Waals surface area contributed by atoms with Crippen LogP contribution in [0.25, 0.3) is 22.3 Å². The van der Waals surface area contributed by atoms with Crippen LogP contribution in [-0.4, -0.2) is 19.6 Å². The van der Waals surface area contributed by atoms with Crippen LogP contribution >= 0.6 is 55.4 Å². The Labute approximate surface area is 216 Å². The predicted molar refractivity (Wildman–Crippen MR) is 142 cm³/mol. The van der Waals surface area contributed by atoms with E-state index in [0.29, 0.717) is 5.16 Å². The molecule has 3 aromatic carbocycles. The van der Waals surface area contributed by atoms with Crippen LogP contribution in [0.1, 0.15) is 0 Å². The Bertz CT molecular complexity index is 1450. The zero-order valence-corrected chi connectivity index (χ0v) is 22.2. The lowest BCUT2D eigenvalue weighted by molar-refractivity contribution is 0.475. The normalized spacial score (nSPS) is 11.2. The molecule has 0 unspecified atom stereocenters. The molecule has 2 aromatic heterocycles. The van der Waals surface area contributed by atoms with Crippen molar-refractivity contribution in [3.8, 4) is 17.0 Å². The third kappa shape index (κ3) is 4.99. The van der Waals surface area contributed by atoms with E-state index in [2.05, 4.69) is 66.8 Å². The average molecular weight is 599 g/mol. The summed E-state index contributed by atoms with van der Waals surface area (Å²) >= 11 is 10.2. The highest BCUT2D eigenvalue weighted by atomic mass is 79.9. The van der Waals surface area contributed by atoms with Gasteiger partial charge in [-0.15, -0.1) is 0 Å². The first-order valence-corrected chi connectivity index (χ1v) is 13.2. The van der Waals surface area contributed by atoms with Crippen molar-refractivity contribution in [2.45, 2.75) is 20.0 Å². The van der Waals surface area contributed by atoms with E-state index in [9.17, 15) is 5.11 Å². The molecule has 4 nitrogen and oxygen atoms in total. The minimum atomic E-state index is 0.247. The van der Waals surface area contributed by atoms with E-state index in [1.54, 1.807) is 35.7 Å². The Morgan fingerprint density at radius 2 is 1.55 bits per heavy atom. The molecule has 0 radical (unpaired) electrons. The maximum atomic E-state index is 9.69. The third-order valence-corrected chi connectivity index (χ3v) is 7.92. The highest BCUT2D eigenvalue weighted by Gasteiger charge is 2.17. The summed E-state index contributed by atoms with van der Waals surface area (Å²) in [5.74, 6) is 0.247. The molecule has 8 heteroatoms. The maximum Gasteiger partial charge on any atom is 0.195 e. The Morgan fingerprint density at radius 3 is 2.27 bits per heavy atom. The van der Waals surface area contributed by atoms with Gasteiger partial charge in [0.05, 0.1) is 11.1 Å². The number of rotatable bonds is 5. The first kappa shape index (κ1) is 22.5. The van der Waals surface area contributed by atoms with E-state index >= 15 is 0 Å². The van der Waals surface area contributed by atoms with Crippen LogP contribution in [0.5, 0.6) is 5.75 Å². The lowest BCUT2D eigenvalue weighted by Gasteiger charge is -2.08. The van der Waals surface area contributed by atoms with Crippen molar-refractivity contribution in [2.24, 2.45) is 7.05 Å². The van der Waals surface area contributed by atoms with Crippen molar-refractivity contribution in [2.75, 3.05) is 0 Å². The number of hydrogen-bond acceptors (Lipinski definition) is 5. The van der Waals surface area contributed by atoms with Crippen LogP contribution in [0.4, 0.5) is 0 Å². The topological polar surface area (TPSA) is 50.9 Å². The number of aryl methyl sites for hydroxylation is 1. The first-order valence-electron chi connectivity index (χ1n) is 10.00. The molecule has 0 bridgehead atoms. The molecule has 0 saturated carbocycles. The van der Waals surface area contributed by atoms with Gasteiger partial charge in [-0.1, -0.05) is 49.7 Å². The molecule has 33 heavy (non-hydrogen) atoms. The number of benzene rings is 3. The van der Waals surface area contributed by atoms with Crippen molar-refractivity contribution in [3.63, 3.8) is 0 Å². The number of halogens is 2.